The molecule has 1 heterocycles. The van der Waals surface area contributed by atoms with Crippen LogP contribution >= 0.6 is 11.8 Å². The van der Waals surface area contributed by atoms with Crippen LogP contribution in [0.15, 0.2) is 64.5 Å². The van der Waals surface area contributed by atoms with E-state index < -0.39 is 5.56 Å². The highest BCUT2D eigenvalue weighted by Crippen LogP contribution is 2.13. The van der Waals surface area contributed by atoms with Gasteiger partial charge < -0.3 is 20.4 Å². The summed E-state index contributed by atoms with van der Waals surface area (Å²) in [6.45, 7) is 0.576. The van der Waals surface area contributed by atoms with Crippen molar-refractivity contribution in [2.24, 2.45) is 0 Å². The number of benzene rings is 2. The molecule has 10 heteroatoms. The summed E-state index contributed by atoms with van der Waals surface area (Å²) in [6, 6.07) is 14.4. The predicted octanol–water partition coefficient (Wildman–Crippen LogP) is 2.18. The van der Waals surface area contributed by atoms with E-state index in [1.165, 1.54) is 18.2 Å². The summed E-state index contributed by atoms with van der Waals surface area (Å²) in [5.74, 6) is -0.182. The molecule has 1 aromatic heterocycles. The van der Waals surface area contributed by atoms with Gasteiger partial charge in [0, 0.05) is 19.2 Å². The number of carbonyl (C=O) groups is 2. The van der Waals surface area contributed by atoms with Gasteiger partial charge in [-0.1, -0.05) is 36.0 Å². The molecular weight excluding hydrogens is 447 g/mol. The average Bonchev–Trinajstić information content (AvgIpc) is 2.81. The topological polar surface area (TPSA) is 113 Å². The number of methoxy groups -OCH3 is 1. The molecule has 3 N–H and O–H groups in total. The number of carbonyl (C=O) groups excluding carboxylic acids is 2. The Hall–Kier alpha value is -3.66. The van der Waals surface area contributed by atoms with E-state index in [0.29, 0.717) is 18.0 Å². The molecule has 2 aromatic carbocycles. The maximum Gasteiger partial charge on any atom is 0.251 e. The molecule has 3 rings (SSSR count). The molecule has 172 valence electrons. The van der Waals surface area contributed by atoms with E-state index in [4.69, 9.17) is 4.74 Å². The first-order valence-electron chi connectivity index (χ1n) is 10.0. The van der Waals surface area contributed by atoms with Gasteiger partial charge in [-0.2, -0.15) is 0 Å². The molecule has 0 spiro atoms. The molecule has 0 fully saturated rings. The second-order valence-electron chi connectivity index (χ2n) is 7.04. The Morgan fingerprint density at radius 2 is 1.76 bits per heavy atom. The summed E-state index contributed by atoms with van der Waals surface area (Å²) in [6.07, 6.45) is -0.0712. The van der Waals surface area contributed by atoms with Gasteiger partial charge in [-0.05, 0) is 35.4 Å². The fraction of sp³-hybridized carbons (Fsp3) is 0.217. The monoisotopic (exact) mass is 470 g/mol. The molecule has 2 amide bonds. The molecule has 0 aliphatic heterocycles. The maximum atomic E-state index is 12.9. The molecule has 0 saturated heterocycles. The molecule has 8 nitrogen and oxygen atoms in total. The van der Waals surface area contributed by atoms with Crippen LogP contribution in [-0.4, -0.2) is 34.6 Å². The third-order valence-electron chi connectivity index (χ3n) is 4.48. The Morgan fingerprint density at radius 3 is 2.52 bits per heavy atom. The second-order valence-corrected chi connectivity index (χ2v) is 8.00. The predicted molar refractivity (Wildman–Crippen MR) is 122 cm³/mol. The van der Waals surface area contributed by atoms with Crippen LogP contribution in [0.5, 0.6) is 5.75 Å². The van der Waals surface area contributed by atoms with Crippen LogP contribution in [0.3, 0.4) is 0 Å². The molecular formula is C23H23FN4O4S. The van der Waals surface area contributed by atoms with Crippen molar-refractivity contribution in [1.82, 2.24) is 20.6 Å². The largest absolute Gasteiger partial charge is 0.497 e. The minimum Gasteiger partial charge on any atom is -0.497 e. The highest BCUT2D eigenvalue weighted by atomic mass is 32.2. The minimum atomic E-state index is -0.408. The Labute approximate surface area is 194 Å². The standard InChI is InChI=1S/C23H23FN4O4S/c1-32-19-4-2-3-16(9-19)13-25-20(29)10-18-11-21(30)28-23(27-18)33-14-22(31)26-12-15-5-7-17(24)8-6-15/h2-9,11H,10,12-14H2,1H3,(H,25,29)(H,26,31)(H,27,28,30). The van der Waals surface area contributed by atoms with Crippen LogP contribution in [-0.2, 0) is 29.1 Å². The lowest BCUT2D eigenvalue weighted by Crippen LogP contribution is -2.26. The second kappa shape index (κ2) is 11.8. The van der Waals surface area contributed by atoms with Gasteiger partial charge in [-0.25, -0.2) is 9.37 Å². The minimum absolute atomic E-state index is 0.0234. The number of aromatic nitrogens is 2. The average molecular weight is 471 g/mol. The molecule has 33 heavy (non-hydrogen) atoms. The quantitative estimate of drug-likeness (QED) is 0.309. The van der Waals surface area contributed by atoms with Gasteiger partial charge in [0.25, 0.3) is 5.56 Å². The third-order valence-corrected chi connectivity index (χ3v) is 5.35. The first-order chi connectivity index (χ1) is 15.9. The number of thioether (sulfide) groups is 1. The van der Waals surface area contributed by atoms with Gasteiger partial charge in [0.15, 0.2) is 5.16 Å². The molecule has 0 saturated carbocycles. The van der Waals surface area contributed by atoms with E-state index in [-0.39, 0.29) is 41.5 Å². The lowest BCUT2D eigenvalue weighted by molar-refractivity contribution is -0.121. The number of hydrogen-bond donors (Lipinski definition) is 3. The number of hydrogen-bond acceptors (Lipinski definition) is 6. The zero-order valence-electron chi connectivity index (χ0n) is 17.9. The summed E-state index contributed by atoms with van der Waals surface area (Å²) in [5, 5.41) is 5.74. The molecule has 0 unspecified atom stereocenters. The fourth-order valence-corrected chi connectivity index (χ4v) is 3.56. The van der Waals surface area contributed by atoms with E-state index in [1.807, 2.05) is 24.3 Å². The Balaban J connectivity index is 1.48. The first kappa shape index (κ1) is 24.0. The van der Waals surface area contributed by atoms with E-state index in [9.17, 15) is 18.8 Å². The summed E-state index contributed by atoms with van der Waals surface area (Å²) in [4.78, 5) is 43.1. The van der Waals surface area contributed by atoms with Gasteiger partial charge in [0.2, 0.25) is 11.8 Å². The summed E-state index contributed by atoms with van der Waals surface area (Å²) in [5.41, 5.74) is 1.54. The number of aromatic amines is 1. The zero-order chi connectivity index (χ0) is 23.6. The van der Waals surface area contributed by atoms with Crippen LogP contribution in [0.25, 0.3) is 0 Å². The number of ether oxygens (including phenoxy) is 1. The lowest BCUT2D eigenvalue weighted by Gasteiger charge is -2.08. The van der Waals surface area contributed by atoms with E-state index in [1.54, 1.807) is 19.2 Å². The lowest BCUT2D eigenvalue weighted by atomic mass is 10.2. The molecule has 0 atom stereocenters. The number of amides is 2. The van der Waals surface area contributed by atoms with Crippen molar-refractivity contribution in [2.75, 3.05) is 12.9 Å². The Kier molecular flexibility index (Phi) is 8.59. The van der Waals surface area contributed by atoms with Crippen molar-refractivity contribution < 1.29 is 18.7 Å². The van der Waals surface area contributed by atoms with Gasteiger partial charge >= 0.3 is 0 Å². The number of halogens is 1. The van der Waals surface area contributed by atoms with Crippen LogP contribution in [0, 0.1) is 5.82 Å². The highest BCUT2D eigenvalue weighted by Gasteiger charge is 2.10. The van der Waals surface area contributed by atoms with Crippen molar-refractivity contribution in [2.45, 2.75) is 24.7 Å². The van der Waals surface area contributed by atoms with E-state index >= 15 is 0 Å². The SMILES string of the molecule is COc1cccc(CNC(=O)Cc2cc(=O)[nH]c(SCC(=O)NCc3ccc(F)cc3)n2)c1. The summed E-state index contributed by atoms with van der Waals surface area (Å²) < 4.78 is 18.1. The van der Waals surface area contributed by atoms with Crippen molar-refractivity contribution >= 4 is 23.6 Å². The highest BCUT2D eigenvalue weighted by molar-refractivity contribution is 7.99. The fourth-order valence-electron chi connectivity index (χ4n) is 2.84. The zero-order valence-corrected chi connectivity index (χ0v) is 18.7. The summed E-state index contributed by atoms with van der Waals surface area (Å²) >= 11 is 1.05. The van der Waals surface area contributed by atoms with Gasteiger partial charge in [0.05, 0.1) is 25.0 Å². The van der Waals surface area contributed by atoms with Crippen molar-refractivity contribution in [3.8, 4) is 5.75 Å². The molecule has 0 radical (unpaired) electrons. The molecule has 0 bridgehead atoms. The van der Waals surface area contributed by atoms with Gasteiger partial charge in [-0.3, -0.25) is 14.4 Å². The van der Waals surface area contributed by atoms with Crippen LogP contribution in [0.2, 0.25) is 0 Å². The van der Waals surface area contributed by atoms with Gasteiger partial charge in [0.1, 0.15) is 11.6 Å². The smallest absolute Gasteiger partial charge is 0.251 e. The number of nitrogens with one attached hydrogen (secondary N) is 3. The normalized spacial score (nSPS) is 10.5. The molecule has 0 aliphatic rings. The number of nitrogens with zero attached hydrogens (tertiary/aromatic N) is 1. The molecule has 0 aliphatic carbocycles. The van der Waals surface area contributed by atoms with Crippen LogP contribution in [0.1, 0.15) is 16.8 Å². The Bertz CT molecular complexity index is 1170. The van der Waals surface area contributed by atoms with Crippen LogP contribution < -0.4 is 20.9 Å². The number of H-pyrrole nitrogens is 1. The van der Waals surface area contributed by atoms with Crippen molar-refractivity contribution in [3.63, 3.8) is 0 Å². The van der Waals surface area contributed by atoms with Gasteiger partial charge in [-0.15, -0.1) is 0 Å². The van der Waals surface area contributed by atoms with E-state index in [0.717, 1.165) is 22.9 Å². The third kappa shape index (κ3) is 8.08. The molecule has 3 aromatic rings. The number of rotatable bonds is 10. The Morgan fingerprint density at radius 1 is 1.03 bits per heavy atom. The van der Waals surface area contributed by atoms with Crippen molar-refractivity contribution in [1.29, 1.82) is 0 Å². The van der Waals surface area contributed by atoms with E-state index in [2.05, 4.69) is 20.6 Å². The van der Waals surface area contributed by atoms with Crippen molar-refractivity contribution in [3.05, 3.63) is 87.6 Å². The summed E-state index contributed by atoms with van der Waals surface area (Å²) in [7, 11) is 1.57. The first-order valence-corrected chi connectivity index (χ1v) is 11.0. The van der Waals surface area contributed by atoms with Crippen LogP contribution in [0.4, 0.5) is 4.39 Å². The maximum absolute atomic E-state index is 12.9.